The van der Waals surface area contributed by atoms with Crippen molar-refractivity contribution in [2.24, 2.45) is 0 Å². The lowest BCUT2D eigenvalue weighted by atomic mass is 9.90. The first kappa shape index (κ1) is 22.7. The molecule has 5 N–H and O–H groups in total. The molecule has 3 rings (SSSR count). The first-order valence-electron chi connectivity index (χ1n) is 9.72. The molecule has 8 nitrogen and oxygen atoms in total. The summed E-state index contributed by atoms with van der Waals surface area (Å²) in [6.45, 7) is -0.508. The van der Waals surface area contributed by atoms with Crippen molar-refractivity contribution in [1.29, 1.82) is 0 Å². The molecule has 0 spiro atoms. The molecule has 8 heteroatoms. The largest absolute Gasteiger partial charge is 0.495 e. The summed E-state index contributed by atoms with van der Waals surface area (Å²) in [7, 11) is 3.05. The van der Waals surface area contributed by atoms with Crippen molar-refractivity contribution in [2.45, 2.75) is 30.5 Å². The minimum absolute atomic E-state index is 0.217. The summed E-state index contributed by atoms with van der Waals surface area (Å²) in [6.07, 6.45) is -6.27. The van der Waals surface area contributed by atoms with Crippen LogP contribution in [-0.4, -0.2) is 71.5 Å². The van der Waals surface area contributed by atoms with Crippen molar-refractivity contribution >= 4 is 5.91 Å². The van der Waals surface area contributed by atoms with Crippen LogP contribution < -0.4 is 10.1 Å². The van der Waals surface area contributed by atoms with Gasteiger partial charge in [0.15, 0.2) is 0 Å². The Morgan fingerprint density at radius 3 is 2.55 bits per heavy atom. The highest BCUT2D eigenvalue weighted by Gasteiger charge is 2.44. The SMILES string of the molecule is CNC(=O)c1cccc(C#Cc2cc([C@H]3O[C@H](CO)[C@@H](O)[C@H](O)[C@H]3O)ccc2OC)c1. The molecule has 0 aliphatic carbocycles. The van der Waals surface area contributed by atoms with E-state index in [2.05, 4.69) is 17.2 Å². The van der Waals surface area contributed by atoms with Crippen LogP contribution in [-0.2, 0) is 4.74 Å². The Morgan fingerprint density at radius 2 is 1.87 bits per heavy atom. The second kappa shape index (κ2) is 9.92. The highest BCUT2D eigenvalue weighted by molar-refractivity contribution is 5.94. The van der Waals surface area contributed by atoms with E-state index in [1.807, 2.05) is 0 Å². The summed E-state index contributed by atoms with van der Waals surface area (Å²) in [5.41, 5.74) is 2.11. The maximum absolute atomic E-state index is 11.8. The van der Waals surface area contributed by atoms with Crippen LogP contribution in [0, 0.1) is 11.8 Å². The zero-order valence-electron chi connectivity index (χ0n) is 17.1. The predicted molar refractivity (Wildman–Crippen MR) is 112 cm³/mol. The third-order valence-corrected chi connectivity index (χ3v) is 5.14. The molecule has 0 aromatic heterocycles. The van der Waals surface area contributed by atoms with Crippen LogP contribution in [0.3, 0.4) is 0 Å². The van der Waals surface area contributed by atoms with Gasteiger partial charge in [-0.2, -0.15) is 0 Å². The van der Waals surface area contributed by atoms with E-state index in [1.54, 1.807) is 49.5 Å². The molecule has 1 amide bonds. The average molecular weight is 427 g/mol. The van der Waals surface area contributed by atoms with Gasteiger partial charge in [-0.1, -0.05) is 24.0 Å². The highest BCUT2D eigenvalue weighted by Crippen LogP contribution is 2.34. The van der Waals surface area contributed by atoms with Crippen molar-refractivity contribution in [3.63, 3.8) is 0 Å². The lowest BCUT2D eigenvalue weighted by molar-refractivity contribution is -0.231. The summed E-state index contributed by atoms with van der Waals surface area (Å²) in [5.74, 6) is 6.26. The summed E-state index contributed by atoms with van der Waals surface area (Å²) < 4.78 is 11.0. The molecule has 2 aromatic rings. The molecule has 1 fully saturated rings. The molecule has 1 aliphatic rings. The van der Waals surface area contributed by atoms with Crippen LogP contribution in [0.2, 0.25) is 0 Å². The fourth-order valence-corrected chi connectivity index (χ4v) is 3.40. The smallest absolute Gasteiger partial charge is 0.251 e. The van der Waals surface area contributed by atoms with Crippen molar-refractivity contribution < 1.29 is 34.7 Å². The Balaban J connectivity index is 1.94. The van der Waals surface area contributed by atoms with E-state index in [1.165, 1.54) is 7.11 Å². The van der Waals surface area contributed by atoms with E-state index >= 15 is 0 Å². The van der Waals surface area contributed by atoms with Gasteiger partial charge in [-0.15, -0.1) is 0 Å². The highest BCUT2D eigenvalue weighted by atomic mass is 16.5. The Kier molecular flexibility index (Phi) is 7.28. The Morgan fingerprint density at radius 1 is 1.10 bits per heavy atom. The van der Waals surface area contributed by atoms with Crippen LogP contribution in [0.1, 0.15) is 33.2 Å². The summed E-state index contributed by atoms with van der Waals surface area (Å²) >= 11 is 0. The molecule has 1 heterocycles. The fraction of sp³-hybridized carbons (Fsp3) is 0.348. The summed E-state index contributed by atoms with van der Waals surface area (Å²) in [5, 5.41) is 42.4. The lowest BCUT2D eigenvalue weighted by Gasteiger charge is -2.40. The van der Waals surface area contributed by atoms with Crippen molar-refractivity contribution in [2.75, 3.05) is 20.8 Å². The number of hydrogen-bond donors (Lipinski definition) is 5. The first-order valence-corrected chi connectivity index (χ1v) is 9.72. The summed E-state index contributed by atoms with van der Waals surface area (Å²) in [4.78, 5) is 11.8. The number of carbonyl (C=O) groups excluding carboxylic acids is 1. The number of benzene rings is 2. The number of aliphatic hydroxyl groups excluding tert-OH is 4. The number of hydrogen-bond acceptors (Lipinski definition) is 7. The van der Waals surface area contributed by atoms with Crippen molar-refractivity contribution in [3.8, 4) is 17.6 Å². The number of aliphatic hydroxyl groups is 4. The van der Waals surface area contributed by atoms with Gasteiger partial charge >= 0.3 is 0 Å². The maximum atomic E-state index is 11.8. The van der Waals surface area contributed by atoms with E-state index in [0.717, 1.165) is 0 Å². The third kappa shape index (κ3) is 4.88. The van der Waals surface area contributed by atoms with Gasteiger partial charge in [-0.25, -0.2) is 0 Å². The zero-order valence-corrected chi connectivity index (χ0v) is 17.1. The van der Waals surface area contributed by atoms with Gasteiger partial charge < -0.3 is 35.2 Å². The molecular weight excluding hydrogens is 402 g/mol. The van der Waals surface area contributed by atoms with E-state index in [4.69, 9.17) is 9.47 Å². The van der Waals surface area contributed by atoms with Gasteiger partial charge in [-0.3, -0.25) is 4.79 Å². The number of methoxy groups -OCH3 is 1. The standard InChI is InChI=1S/C23H25NO7/c1-24-23(29)16-5-3-4-13(10-16)6-7-14-11-15(8-9-17(14)30-2)22-21(28)20(27)19(26)18(12-25)31-22/h3-5,8-11,18-22,25-28H,12H2,1-2H3,(H,24,29)/t18-,19-,20+,21-,22-/m1/s1. The Labute approximate surface area is 180 Å². The fourth-order valence-electron chi connectivity index (χ4n) is 3.40. The van der Waals surface area contributed by atoms with Crippen LogP contribution in [0.25, 0.3) is 0 Å². The number of rotatable bonds is 4. The Bertz CT molecular complexity index is 995. The molecule has 0 saturated carbocycles. The van der Waals surface area contributed by atoms with Crippen molar-refractivity contribution in [1.82, 2.24) is 5.32 Å². The topological polar surface area (TPSA) is 128 Å². The number of nitrogens with one attached hydrogen (secondary N) is 1. The van der Waals surface area contributed by atoms with Gasteiger partial charge in [0.25, 0.3) is 5.91 Å². The molecule has 0 unspecified atom stereocenters. The quantitative estimate of drug-likeness (QED) is 0.434. The molecular formula is C23H25NO7. The van der Waals surface area contributed by atoms with Gasteiger partial charge in [0.1, 0.15) is 36.3 Å². The second-order valence-electron chi connectivity index (χ2n) is 7.12. The van der Waals surface area contributed by atoms with E-state index < -0.39 is 37.1 Å². The van der Waals surface area contributed by atoms with E-state index in [-0.39, 0.29) is 5.91 Å². The molecule has 2 aromatic carbocycles. The minimum atomic E-state index is -1.47. The van der Waals surface area contributed by atoms with Gasteiger partial charge in [0, 0.05) is 18.2 Å². The normalized spacial score (nSPS) is 25.3. The second-order valence-corrected chi connectivity index (χ2v) is 7.12. The van der Waals surface area contributed by atoms with E-state index in [9.17, 15) is 25.2 Å². The molecule has 164 valence electrons. The maximum Gasteiger partial charge on any atom is 0.251 e. The summed E-state index contributed by atoms with van der Waals surface area (Å²) in [6, 6.07) is 11.8. The van der Waals surface area contributed by atoms with Crippen LogP contribution in [0.4, 0.5) is 0 Å². The minimum Gasteiger partial charge on any atom is -0.495 e. The van der Waals surface area contributed by atoms with Crippen LogP contribution in [0.15, 0.2) is 42.5 Å². The van der Waals surface area contributed by atoms with E-state index in [0.29, 0.717) is 28.0 Å². The van der Waals surface area contributed by atoms with Crippen molar-refractivity contribution in [3.05, 3.63) is 64.7 Å². The zero-order chi connectivity index (χ0) is 22.5. The number of carbonyl (C=O) groups is 1. The molecule has 31 heavy (non-hydrogen) atoms. The molecule has 0 radical (unpaired) electrons. The van der Waals surface area contributed by atoms with Crippen LogP contribution >= 0.6 is 0 Å². The third-order valence-electron chi connectivity index (χ3n) is 5.14. The Hall–Kier alpha value is -2.93. The van der Waals surface area contributed by atoms with Gasteiger partial charge in [0.2, 0.25) is 0 Å². The van der Waals surface area contributed by atoms with Gasteiger partial charge in [0.05, 0.1) is 19.3 Å². The molecule has 5 atom stereocenters. The lowest BCUT2D eigenvalue weighted by Crippen LogP contribution is -2.55. The molecule has 1 aliphatic heterocycles. The predicted octanol–water partition coefficient (Wildman–Crippen LogP) is -0.0305. The monoisotopic (exact) mass is 427 g/mol. The number of ether oxygens (including phenoxy) is 2. The first-order chi connectivity index (χ1) is 14.9. The van der Waals surface area contributed by atoms with Crippen LogP contribution in [0.5, 0.6) is 5.75 Å². The molecule has 1 saturated heterocycles. The molecule has 0 bridgehead atoms. The number of amides is 1. The average Bonchev–Trinajstić information content (AvgIpc) is 2.81. The van der Waals surface area contributed by atoms with Gasteiger partial charge in [-0.05, 0) is 35.9 Å².